The lowest BCUT2D eigenvalue weighted by Crippen LogP contribution is -2.49. The van der Waals surface area contributed by atoms with E-state index in [1.165, 1.54) is 12.1 Å². The van der Waals surface area contributed by atoms with Gasteiger partial charge in [-0.15, -0.1) is 0 Å². The summed E-state index contributed by atoms with van der Waals surface area (Å²) in [5, 5.41) is 14.5. The largest absolute Gasteiger partial charge is 0.618 e. The maximum absolute atomic E-state index is 14.5. The fourth-order valence-corrected chi connectivity index (χ4v) is 8.12. The number of benzene rings is 1. The molecule has 3 aliphatic rings. The van der Waals surface area contributed by atoms with Crippen molar-refractivity contribution < 1.29 is 31.8 Å². The third kappa shape index (κ3) is 5.33. The van der Waals surface area contributed by atoms with Crippen LogP contribution in [0.5, 0.6) is 0 Å². The van der Waals surface area contributed by atoms with Crippen LogP contribution in [0.2, 0.25) is 18.1 Å². The Morgan fingerprint density at radius 3 is 2.14 bits per heavy atom. The summed E-state index contributed by atoms with van der Waals surface area (Å²) < 4.78 is 61.5. The summed E-state index contributed by atoms with van der Waals surface area (Å²) in [6.45, 7) is 20.6. The van der Waals surface area contributed by atoms with Crippen LogP contribution in [0.1, 0.15) is 125 Å². The van der Waals surface area contributed by atoms with Gasteiger partial charge in [0.15, 0.2) is 14.0 Å². The van der Waals surface area contributed by atoms with Gasteiger partial charge in [-0.25, -0.2) is 0 Å². The lowest BCUT2D eigenvalue weighted by Gasteiger charge is -2.45. The van der Waals surface area contributed by atoms with Gasteiger partial charge < -0.3 is 19.1 Å². The first kappa shape index (κ1) is 31.5. The van der Waals surface area contributed by atoms with Crippen molar-refractivity contribution >= 4 is 8.32 Å². The van der Waals surface area contributed by atoms with Crippen LogP contribution >= 0.6 is 0 Å². The van der Waals surface area contributed by atoms with Crippen LogP contribution in [-0.2, 0) is 32.1 Å². The average Bonchev–Trinajstić information content (AvgIpc) is 3.16. The third-order valence-corrected chi connectivity index (χ3v) is 14.5. The number of fused-ring (bicyclic) bond motifs is 4. The monoisotopic (exact) mass is 605 g/mol. The normalized spacial score (nSPS) is 23.7. The molecule has 0 amide bonds. The molecular weight excluding hydrogens is 559 g/mol. The smallest absolute Gasteiger partial charge is 0.416 e. The van der Waals surface area contributed by atoms with Crippen LogP contribution in [0.15, 0.2) is 24.3 Å². The summed E-state index contributed by atoms with van der Waals surface area (Å²) in [5.41, 5.74) is 3.23. The van der Waals surface area contributed by atoms with E-state index in [1.807, 2.05) is 13.8 Å². The van der Waals surface area contributed by atoms with Crippen LogP contribution in [-0.4, -0.2) is 21.5 Å². The van der Waals surface area contributed by atoms with Gasteiger partial charge in [-0.2, -0.15) is 17.9 Å². The Hall–Kier alpha value is -1.94. The Morgan fingerprint density at radius 2 is 1.62 bits per heavy atom. The SMILES string of the molecule is CC(C)c1c2c(c3c([n+]1[O-])CC(C)(C)CC3O[Si](C)(C)C(C)(C)C)C1(CCOCC1)OC2c1ccc(C(F)(F)F)cc1. The second kappa shape index (κ2) is 10.3. The molecule has 0 radical (unpaired) electrons. The first-order valence-electron chi connectivity index (χ1n) is 15.2. The molecule has 5 rings (SSSR count). The number of rotatable bonds is 4. The molecule has 1 aromatic heterocycles. The number of halogens is 3. The molecule has 2 aliphatic heterocycles. The molecule has 1 saturated heterocycles. The van der Waals surface area contributed by atoms with Gasteiger partial charge in [0, 0.05) is 44.0 Å². The van der Waals surface area contributed by atoms with Gasteiger partial charge in [-0.1, -0.05) is 60.6 Å². The van der Waals surface area contributed by atoms with Crippen molar-refractivity contribution in [3.63, 3.8) is 0 Å². The van der Waals surface area contributed by atoms with E-state index in [0.29, 0.717) is 43.7 Å². The number of alkyl halides is 3. The van der Waals surface area contributed by atoms with E-state index in [1.54, 1.807) is 0 Å². The molecule has 5 nitrogen and oxygen atoms in total. The maximum Gasteiger partial charge on any atom is 0.416 e. The topological polar surface area (TPSA) is 54.6 Å². The predicted molar refractivity (Wildman–Crippen MR) is 159 cm³/mol. The summed E-state index contributed by atoms with van der Waals surface area (Å²) in [4.78, 5) is 0. The highest BCUT2D eigenvalue weighted by atomic mass is 28.4. The van der Waals surface area contributed by atoms with Gasteiger partial charge in [0.05, 0.1) is 28.4 Å². The number of ether oxygens (including phenoxy) is 2. The number of nitrogens with zero attached hydrogens (tertiary/aromatic N) is 1. The molecular formula is C33H46F3NO4Si. The molecule has 2 aromatic rings. The van der Waals surface area contributed by atoms with Gasteiger partial charge in [0.1, 0.15) is 6.10 Å². The minimum absolute atomic E-state index is 0.0289. The number of pyridine rings is 1. The van der Waals surface area contributed by atoms with E-state index >= 15 is 0 Å². The minimum atomic E-state index is -4.43. The molecule has 0 bridgehead atoms. The van der Waals surface area contributed by atoms with Crippen molar-refractivity contribution in [2.75, 3.05) is 13.2 Å². The molecule has 9 heteroatoms. The van der Waals surface area contributed by atoms with Gasteiger partial charge >= 0.3 is 6.18 Å². The van der Waals surface area contributed by atoms with Gasteiger partial charge in [0.25, 0.3) is 0 Å². The Morgan fingerprint density at radius 1 is 1.02 bits per heavy atom. The van der Waals surface area contributed by atoms with Gasteiger partial charge in [-0.05, 0) is 47.7 Å². The van der Waals surface area contributed by atoms with Crippen LogP contribution in [0.25, 0.3) is 0 Å². The molecule has 2 atom stereocenters. The molecule has 2 unspecified atom stereocenters. The zero-order valence-electron chi connectivity index (χ0n) is 26.5. The van der Waals surface area contributed by atoms with E-state index in [-0.39, 0.29) is 22.5 Å². The molecule has 3 heterocycles. The third-order valence-electron chi connectivity index (χ3n) is 9.99. The zero-order chi connectivity index (χ0) is 31.0. The van der Waals surface area contributed by atoms with Crippen molar-refractivity contribution in [1.82, 2.24) is 0 Å². The fraction of sp³-hybridized carbons (Fsp3) is 0.667. The van der Waals surface area contributed by atoms with Crippen molar-refractivity contribution in [1.29, 1.82) is 0 Å². The Labute approximate surface area is 249 Å². The highest BCUT2D eigenvalue weighted by Crippen LogP contribution is 2.58. The predicted octanol–water partition coefficient (Wildman–Crippen LogP) is 8.62. The van der Waals surface area contributed by atoms with E-state index in [4.69, 9.17) is 13.9 Å². The van der Waals surface area contributed by atoms with Crippen LogP contribution in [0, 0.1) is 10.6 Å². The standard InChI is InChI=1S/C33H46F3NO4Si/c1-20(2)28-26-27(25-23(37(28)38)18-31(6,7)19-24(25)41-42(8,9)30(3,4)5)32(14-16-39-17-15-32)40-29(26)21-10-12-22(13-11-21)33(34,35)36/h10-13,20,24,29H,14-19H2,1-9H3. The lowest BCUT2D eigenvalue weighted by molar-refractivity contribution is -0.626. The first-order chi connectivity index (χ1) is 19.3. The Balaban J connectivity index is 1.80. The quantitative estimate of drug-likeness (QED) is 0.199. The van der Waals surface area contributed by atoms with Gasteiger partial charge in [-0.3, -0.25) is 0 Å². The summed E-state index contributed by atoms with van der Waals surface area (Å²) in [5.74, 6) is -0.123. The van der Waals surface area contributed by atoms with Crippen molar-refractivity contribution in [2.45, 2.75) is 122 Å². The van der Waals surface area contributed by atoms with Crippen molar-refractivity contribution in [3.05, 3.63) is 68.7 Å². The fourth-order valence-electron chi connectivity index (χ4n) is 6.85. The molecule has 42 heavy (non-hydrogen) atoms. The number of hydrogen-bond donors (Lipinski definition) is 0. The number of aromatic nitrogens is 1. The minimum Gasteiger partial charge on any atom is -0.618 e. The van der Waals surface area contributed by atoms with E-state index in [9.17, 15) is 18.4 Å². The highest BCUT2D eigenvalue weighted by molar-refractivity contribution is 6.74. The molecule has 1 aromatic carbocycles. The molecule has 1 fully saturated rings. The Kier molecular flexibility index (Phi) is 7.73. The highest BCUT2D eigenvalue weighted by Gasteiger charge is 2.56. The second-order valence-corrected chi connectivity index (χ2v) is 19.9. The molecule has 1 spiro atoms. The molecule has 1 aliphatic carbocycles. The summed E-state index contributed by atoms with van der Waals surface area (Å²) in [6.07, 6.45) is -2.76. The first-order valence-corrected chi connectivity index (χ1v) is 18.1. The van der Waals surface area contributed by atoms with Gasteiger partial charge in [0.2, 0.25) is 5.69 Å². The van der Waals surface area contributed by atoms with E-state index in [0.717, 1.165) is 45.7 Å². The van der Waals surface area contributed by atoms with Crippen molar-refractivity contribution in [3.8, 4) is 0 Å². The van der Waals surface area contributed by atoms with Crippen LogP contribution < -0.4 is 4.73 Å². The Bertz CT molecular complexity index is 1340. The summed E-state index contributed by atoms with van der Waals surface area (Å²) >= 11 is 0. The summed E-state index contributed by atoms with van der Waals surface area (Å²) in [6, 6.07) is 5.22. The van der Waals surface area contributed by atoms with E-state index < -0.39 is 31.8 Å². The zero-order valence-corrected chi connectivity index (χ0v) is 27.5. The molecule has 0 saturated carbocycles. The summed E-state index contributed by atoms with van der Waals surface area (Å²) in [7, 11) is -2.26. The van der Waals surface area contributed by atoms with Crippen LogP contribution in [0.3, 0.4) is 0 Å². The lowest BCUT2D eigenvalue weighted by atomic mass is 9.69. The number of hydrogen-bond acceptors (Lipinski definition) is 4. The van der Waals surface area contributed by atoms with Crippen LogP contribution in [0.4, 0.5) is 13.2 Å². The average molecular weight is 606 g/mol. The van der Waals surface area contributed by atoms with E-state index in [2.05, 4.69) is 47.7 Å². The molecule has 232 valence electrons. The second-order valence-electron chi connectivity index (χ2n) is 15.1. The molecule has 0 N–H and O–H groups in total. The maximum atomic E-state index is 14.5. The van der Waals surface area contributed by atoms with Crippen molar-refractivity contribution in [2.24, 2.45) is 5.41 Å².